The van der Waals surface area contributed by atoms with Crippen molar-refractivity contribution in [2.45, 2.75) is 38.1 Å². The zero-order valence-electron chi connectivity index (χ0n) is 11.2. The van der Waals surface area contributed by atoms with Gasteiger partial charge in [-0.05, 0) is 25.7 Å². The zero-order valence-corrected chi connectivity index (χ0v) is 11.2. The van der Waals surface area contributed by atoms with Crippen molar-refractivity contribution < 1.29 is 19.1 Å². The fourth-order valence-corrected chi connectivity index (χ4v) is 2.75. The molecule has 0 saturated carbocycles. The lowest BCUT2D eigenvalue weighted by Crippen LogP contribution is -2.53. The third-order valence-corrected chi connectivity index (χ3v) is 3.87. The molecule has 2 fully saturated rings. The Labute approximate surface area is 112 Å². The summed E-state index contributed by atoms with van der Waals surface area (Å²) in [6, 6.07) is -0.455. The molecule has 6 nitrogen and oxygen atoms in total. The van der Waals surface area contributed by atoms with Gasteiger partial charge in [0.1, 0.15) is 6.04 Å². The predicted octanol–water partition coefficient (Wildman–Crippen LogP) is 0.0667. The van der Waals surface area contributed by atoms with Gasteiger partial charge in [-0.2, -0.15) is 0 Å². The molecule has 19 heavy (non-hydrogen) atoms. The van der Waals surface area contributed by atoms with Crippen molar-refractivity contribution >= 4 is 17.8 Å². The van der Waals surface area contributed by atoms with E-state index >= 15 is 0 Å². The fraction of sp³-hybridized carbons (Fsp3) is 0.769. The van der Waals surface area contributed by atoms with Gasteiger partial charge < -0.3 is 15.0 Å². The number of hydrogen-bond donors (Lipinski definition) is 1. The van der Waals surface area contributed by atoms with Gasteiger partial charge in [-0.3, -0.25) is 9.59 Å². The van der Waals surface area contributed by atoms with Crippen LogP contribution in [0.1, 0.15) is 32.1 Å². The van der Waals surface area contributed by atoms with E-state index in [1.807, 2.05) is 0 Å². The summed E-state index contributed by atoms with van der Waals surface area (Å²) in [6.07, 6.45) is 3.46. The second-order valence-electron chi connectivity index (χ2n) is 5.11. The third-order valence-electron chi connectivity index (χ3n) is 3.87. The van der Waals surface area contributed by atoms with Crippen molar-refractivity contribution in [1.82, 2.24) is 10.2 Å². The first kappa shape index (κ1) is 13.8. The summed E-state index contributed by atoms with van der Waals surface area (Å²) >= 11 is 0. The van der Waals surface area contributed by atoms with E-state index < -0.39 is 6.04 Å². The molecule has 6 heteroatoms. The molecule has 0 radical (unpaired) electrons. The summed E-state index contributed by atoms with van der Waals surface area (Å²) < 4.78 is 4.77. The van der Waals surface area contributed by atoms with Gasteiger partial charge in [0.25, 0.3) is 0 Å². The number of ether oxygens (including phenoxy) is 1. The lowest BCUT2D eigenvalue weighted by molar-refractivity contribution is -0.156. The number of carbonyl (C=O) groups excluding carboxylic acids is 3. The molecule has 1 unspecified atom stereocenters. The standard InChI is InChI=1S/C13H20N2O4/c1-19-13(18)10-4-2-3-7-15(10)12(17)9-5-6-11(16)14-8-9/h9-10H,2-8H2,1H3,(H,14,16)/t9?,10-/m1/s1. The monoisotopic (exact) mass is 268 g/mol. The van der Waals surface area contributed by atoms with E-state index in [0.29, 0.717) is 32.4 Å². The SMILES string of the molecule is COC(=O)[C@H]1CCCCN1C(=O)C1CCC(=O)NC1. The van der Waals surface area contributed by atoms with Crippen LogP contribution in [0, 0.1) is 5.92 Å². The summed E-state index contributed by atoms with van der Waals surface area (Å²) in [5, 5.41) is 2.71. The first-order valence-electron chi connectivity index (χ1n) is 6.78. The molecule has 0 bridgehead atoms. The Morgan fingerprint density at radius 2 is 2.11 bits per heavy atom. The maximum atomic E-state index is 12.5. The van der Waals surface area contributed by atoms with Gasteiger partial charge in [0, 0.05) is 19.5 Å². The summed E-state index contributed by atoms with van der Waals surface area (Å²) in [5.74, 6) is -0.585. The maximum absolute atomic E-state index is 12.5. The Bertz CT molecular complexity index is 373. The van der Waals surface area contributed by atoms with E-state index in [0.717, 1.165) is 12.8 Å². The number of amides is 2. The molecule has 2 saturated heterocycles. The normalized spacial score (nSPS) is 27.6. The highest BCUT2D eigenvalue weighted by molar-refractivity contribution is 5.88. The number of nitrogens with zero attached hydrogens (tertiary/aromatic N) is 1. The molecule has 1 N–H and O–H groups in total. The summed E-state index contributed by atoms with van der Waals surface area (Å²) in [6.45, 7) is 0.977. The molecule has 0 aromatic carbocycles. The molecule has 2 atom stereocenters. The van der Waals surface area contributed by atoms with E-state index in [1.165, 1.54) is 7.11 Å². The Balaban J connectivity index is 2.03. The predicted molar refractivity (Wildman–Crippen MR) is 67.1 cm³/mol. The van der Waals surface area contributed by atoms with Crippen LogP contribution in [-0.4, -0.2) is 48.9 Å². The van der Waals surface area contributed by atoms with Crippen molar-refractivity contribution in [1.29, 1.82) is 0 Å². The number of rotatable bonds is 2. The molecule has 106 valence electrons. The summed E-state index contributed by atoms with van der Waals surface area (Å²) in [4.78, 5) is 36.9. The molecule has 2 rings (SSSR count). The van der Waals surface area contributed by atoms with Gasteiger partial charge in [-0.25, -0.2) is 4.79 Å². The van der Waals surface area contributed by atoms with Gasteiger partial charge in [0.2, 0.25) is 11.8 Å². The minimum atomic E-state index is -0.455. The minimum Gasteiger partial charge on any atom is -0.467 e. The molecular formula is C13H20N2O4. The average molecular weight is 268 g/mol. The quantitative estimate of drug-likeness (QED) is 0.719. The highest BCUT2D eigenvalue weighted by Crippen LogP contribution is 2.23. The van der Waals surface area contributed by atoms with E-state index in [-0.39, 0.29) is 23.7 Å². The van der Waals surface area contributed by atoms with Crippen LogP contribution >= 0.6 is 0 Å². The molecule has 2 aliphatic rings. The van der Waals surface area contributed by atoms with Crippen molar-refractivity contribution in [3.63, 3.8) is 0 Å². The van der Waals surface area contributed by atoms with Crippen LogP contribution in [-0.2, 0) is 19.1 Å². The Hall–Kier alpha value is -1.59. The number of carbonyl (C=O) groups is 3. The second kappa shape index (κ2) is 6.04. The van der Waals surface area contributed by atoms with Crippen molar-refractivity contribution in [2.24, 2.45) is 5.92 Å². The number of nitrogens with one attached hydrogen (secondary N) is 1. The van der Waals surface area contributed by atoms with Crippen LogP contribution in [0.25, 0.3) is 0 Å². The second-order valence-corrected chi connectivity index (χ2v) is 5.11. The molecule has 2 amide bonds. The van der Waals surface area contributed by atoms with E-state index in [1.54, 1.807) is 4.90 Å². The highest BCUT2D eigenvalue weighted by atomic mass is 16.5. The van der Waals surface area contributed by atoms with Crippen molar-refractivity contribution in [3.8, 4) is 0 Å². The molecule has 2 aliphatic heterocycles. The molecule has 0 aromatic rings. The number of methoxy groups -OCH3 is 1. The van der Waals surface area contributed by atoms with Gasteiger partial charge >= 0.3 is 5.97 Å². The highest BCUT2D eigenvalue weighted by Gasteiger charge is 2.37. The van der Waals surface area contributed by atoms with Crippen LogP contribution in [0.2, 0.25) is 0 Å². The lowest BCUT2D eigenvalue weighted by atomic mass is 9.94. The molecule has 2 heterocycles. The largest absolute Gasteiger partial charge is 0.467 e. The number of piperidine rings is 2. The fourth-order valence-electron chi connectivity index (χ4n) is 2.75. The Morgan fingerprint density at radius 3 is 2.74 bits per heavy atom. The zero-order chi connectivity index (χ0) is 13.8. The number of likely N-dealkylation sites (tertiary alicyclic amines) is 1. The lowest BCUT2D eigenvalue weighted by Gasteiger charge is -2.36. The van der Waals surface area contributed by atoms with Crippen molar-refractivity contribution in [3.05, 3.63) is 0 Å². The smallest absolute Gasteiger partial charge is 0.328 e. The van der Waals surface area contributed by atoms with E-state index in [9.17, 15) is 14.4 Å². The van der Waals surface area contributed by atoms with Crippen LogP contribution in [0.3, 0.4) is 0 Å². The van der Waals surface area contributed by atoms with Crippen LogP contribution in [0.4, 0.5) is 0 Å². The molecule has 0 spiro atoms. The Kier molecular flexibility index (Phi) is 4.39. The van der Waals surface area contributed by atoms with Crippen LogP contribution < -0.4 is 5.32 Å². The average Bonchev–Trinajstić information content (AvgIpc) is 2.46. The summed E-state index contributed by atoms with van der Waals surface area (Å²) in [7, 11) is 1.35. The molecule has 0 aromatic heterocycles. The van der Waals surface area contributed by atoms with Gasteiger partial charge in [0.05, 0.1) is 13.0 Å². The van der Waals surface area contributed by atoms with Crippen LogP contribution in [0.5, 0.6) is 0 Å². The van der Waals surface area contributed by atoms with E-state index in [4.69, 9.17) is 4.74 Å². The number of esters is 1. The Morgan fingerprint density at radius 1 is 1.32 bits per heavy atom. The van der Waals surface area contributed by atoms with Crippen LogP contribution in [0.15, 0.2) is 0 Å². The minimum absolute atomic E-state index is 0.00721. The van der Waals surface area contributed by atoms with E-state index in [2.05, 4.69) is 5.32 Å². The van der Waals surface area contributed by atoms with Crippen molar-refractivity contribution in [2.75, 3.05) is 20.2 Å². The van der Waals surface area contributed by atoms with Gasteiger partial charge in [-0.15, -0.1) is 0 Å². The van der Waals surface area contributed by atoms with Gasteiger partial charge in [0.15, 0.2) is 0 Å². The maximum Gasteiger partial charge on any atom is 0.328 e. The number of hydrogen-bond acceptors (Lipinski definition) is 4. The summed E-state index contributed by atoms with van der Waals surface area (Å²) in [5.41, 5.74) is 0. The topological polar surface area (TPSA) is 75.7 Å². The third kappa shape index (κ3) is 3.05. The molecule has 0 aliphatic carbocycles. The first-order chi connectivity index (χ1) is 9.13. The first-order valence-corrected chi connectivity index (χ1v) is 6.78. The molecular weight excluding hydrogens is 248 g/mol. The van der Waals surface area contributed by atoms with Gasteiger partial charge in [-0.1, -0.05) is 0 Å².